The first-order valence-electron chi connectivity index (χ1n) is 6.38. The highest BCUT2D eigenvalue weighted by Gasteiger charge is 2.35. The van der Waals surface area contributed by atoms with E-state index in [1.54, 1.807) is 0 Å². The largest absolute Gasteiger partial charge is 0.481 e. The van der Waals surface area contributed by atoms with E-state index in [-0.39, 0.29) is 5.91 Å². The summed E-state index contributed by atoms with van der Waals surface area (Å²) in [5.41, 5.74) is 0.753. The number of anilines is 1. The molecule has 1 aliphatic carbocycles. The average Bonchev–Trinajstić information content (AvgIpc) is 2.41. The third kappa shape index (κ3) is 3.46. The lowest BCUT2D eigenvalue weighted by molar-refractivity contribution is -0.147. The molecular formula is C14H16INO3. The first-order valence-corrected chi connectivity index (χ1v) is 7.45. The average molecular weight is 373 g/mol. The van der Waals surface area contributed by atoms with Crippen LogP contribution in [0, 0.1) is 15.4 Å². The number of aliphatic carboxylic acids is 1. The quantitative estimate of drug-likeness (QED) is 0.801. The lowest BCUT2D eigenvalue weighted by Crippen LogP contribution is -2.36. The molecule has 1 fully saturated rings. The molecule has 5 heteroatoms. The van der Waals surface area contributed by atoms with Crippen molar-refractivity contribution in [2.75, 3.05) is 5.32 Å². The highest BCUT2D eigenvalue weighted by Crippen LogP contribution is 2.31. The highest BCUT2D eigenvalue weighted by atomic mass is 127. The number of nitrogens with one attached hydrogen (secondary N) is 1. The van der Waals surface area contributed by atoms with Crippen LogP contribution in [-0.2, 0) is 9.59 Å². The summed E-state index contributed by atoms with van der Waals surface area (Å²) in [6.45, 7) is 0. The number of carbonyl (C=O) groups excluding carboxylic acids is 1. The molecule has 19 heavy (non-hydrogen) atoms. The predicted molar refractivity (Wildman–Crippen MR) is 80.9 cm³/mol. The first-order chi connectivity index (χ1) is 9.09. The molecule has 0 bridgehead atoms. The minimum Gasteiger partial charge on any atom is -0.481 e. The Morgan fingerprint density at radius 2 is 1.79 bits per heavy atom. The number of carboxylic acid groups (broad SMARTS) is 1. The van der Waals surface area contributed by atoms with Gasteiger partial charge in [0.05, 0.1) is 17.5 Å². The van der Waals surface area contributed by atoms with Crippen molar-refractivity contribution in [3.63, 3.8) is 0 Å². The van der Waals surface area contributed by atoms with Gasteiger partial charge in [0.2, 0.25) is 5.91 Å². The molecule has 102 valence electrons. The molecule has 2 N–H and O–H groups in total. The molecule has 0 aromatic heterocycles. The summed E-state index contributed by atoms with van der Waals surface area (Å²) in [6, 6.07) is 7.50. The van der Waals surface area contributed by atoms with E-state index < -0.39 is 17.8 Å². The second kappa shape index (κ2) is 6.36. The van der Waals surface area contributed by atoms with Crippen molar-refractivity contribution in [1.82, 2.24) is 0 Å². The van der Waals surface area contributed by atoms with Crippen LogP contribution in [0.4, 0.5) is 5.69 Å². The van der Waals surface area contributed by atoms with E-state index in [9.17, 15) is 14.7 Å². The number of amides is 1. The van der Waals surface area contributed by atoms with E-state index >= 15 is 0 Å². The van der Waals surface area contributed by atoms with Crippen molar-refractivity contribution in [2.24, 2.45) is 11.8 Å². The summed E-state index contributed by atoms with van der Waals surface area (Å²) in [5, 5.41) is 12.1. The zero-order valence-electron chi connectivity index (χ0n) is 10.4. The molecule has 2 rings (SSSR count). The van der Waals surface area contributed by atoms with E-state index in [1.165, 1.54) is 0 Å². The van der Waals surface area contributed by atoms with Gasteiger partial charge in [0.15, 0.2) is 0 Å². The summed E-state index contributed by atoms with van der Waals surface area (Å²) in [7, 11) is 0. The fraction of sp³-hybridized carbons (Fsp3) is 0.429. The van der Waals surface area contributed by atoms with Gasteiger partial charge >= 0.3 is 5.97 Å². The van der Waals surface area contributed by atoms with Crippen LogP contribution in [-0.4, -0.2) is 17.0 Å². The third-order valence-corrected chi connectivity index (χ3v) is 4.49. The summed E-state index contributed by atoms with van der Waals surface area (Å²) in [4.78, 5) is 23.5. The normalized spacial score (nSPS) is 22.8. The standard InChI is InChI=1S/C14H16INO3/c15-11-7-3-4-8-12(11)16-13(17)9-5-1-2-6-10(9)14(18)19/h3-4,7-10H,1-2,5-6H2,(H,16,17)(H,18,19)/t9-,10+/m1/s1. The molecule has 1 amide bonds. The molecule has 1 aromatic carbocycles. The van der Waals surface area contributed by atoms with E-state index in [2.05, 4.69) is 27.9 Å². The van der Waals surface area contributed by atoms with Crippen LogP contribution < -0.4 is 5.32 Å². The van der Waals surface area contributed by atoms with E-state index in [4.69, 9.17) is 0 Å². The maximum Gasteiger partial charge on any atom is 0.307 e. The van der Waals surface area contributed by atoms with E-state index in [0.29, 0.717) is 12.8 Å². The molecule has 4 nitrogen and oxygen atoms in total. The number of benzene rings is 1. The van der Waals surface area contributed by atoms with Crippen LogP contribution in [0.25, 0.3) is 0 Å². The van der Waals surface area contributed by atoms with Crippen LogP contribution in [0.1, 0.15) is 25.7 Å². The third-order valence-electron chi connectivity index (χ3n) is 3.55. The fourth-order valence-corrected chi connectivity index (χ4v) is 3.05. The van der Waals surface area contributed by atoms with Crippen molar-refractivity contribution >= 4 is 40.2 Å². The number of hydrogen-bond donors (Lipinski definition) is 2. The topological polar surface area (TPSA) is 66.4 Å². The monoisotopic (exact) mass is 373 g/mol. The van der Waals surface area contributed by atoms with Crippen LogP contribution in [0.15, 0.2) is 24.3 Å². The number of halogens is 1. The molecule has 2 atom stereocenters. The molecule has 1 aliphatic rings. The maximum atomic E-state index is 12.3. The van der Waals surface area contributed by atoms with Crippen LogP contribution in [0.3, 0.4) is 0 Å². The van der Waals surface area contributed by atoms with Crippen molar-refractivity contribution in [2.45, 2.75) is 25.7 Å². The number of hydrogen-bond acceptors (Lipinski definition) is 2. The Bertz CT molecular complexity index is 489. The van der Waals surface area contributed by atoms with Gasteiger partial charge in [-0.15, -0.1) is 0 Å². The summed E-state index contributed by atoms with van der Waals surface area (Å²) >= 11 is 2.15. The van der Waals surface area contributed by atoms with E-state index in [0.717, 1.165) is 22.1 Å². The van der Waals surface area contributed by atoms with Crippen molar-refractivity contribution < 1.29 is 14.7 Å². The van der Waals surface area contributed by atoms with Gasteiger partial charge in [-0.1, -0.05) is 25.0 Å². The Labute approximate surface area is 125 Å². The number of carbonyl (C=O) groups is 2. The van der Waals surface area contributed by atoms with Crippen LogP contribution in [0.2, 0.25) is 0 Å². The van der Waals surface area contributed by atoms with Gasteiger partial charge in [0, 0.05) is 3.57 Å². The lowest BCUT2D eigenvalue weighted by atomic mass is 9.78. The Morgan fingerprint density at radius 1 is 1.16 bits per heavy atom. The first kappa shape index (κ1) is 14.3. The Kier molecular flexibility index (Phi) is 4.79. The second-order valence-corrected chi connectivity index (χ2v) is 5.97. The van der Waals surface area contributed by atoms with Crippen molar-refractivity contribution in [3.05, 3.63) is 27.8 Å². The minimum absolute atomic E-state index is 0.170. The van der Waals surface area contributed by atoms with Crippen molar-refractivity contribution in [1.29, 1.82) is 0 Å². The number of carboxylic acids is 1. The van der Waals surface area contributed by atoms with Gasteiger partial charge < -0.3 is 10.4 Å². The Hall–Kier alpha value is -1.11. The molecule has 1 aromatic rings. The Morgan fingerprint density at radius 3 is 2.42 bits per heavy atom. The molecule has 0 saturated heterocycles. The highest BCUT2D eigenvalue weighted by molar-refractivity contribution is 14.1. The SMILES string of the molecule is O=C(O)[C@H]1CCCC[C@H]1C(=O)Nc1ccccc1I. The molecule has 0 aliphatic heterocycles. The molecule has 0 radical (unpaired) electrons. The van der Waals surface area contributed by atoms with Crippen LogP contribution >= 0.6 is 22.6 Å². The molecule has 0 heterocycles. The lowest BCUT2D eigenvalue weighted by Gasteiger charge is -2.27. The molecule has 0 spiro atoms. The summed E-state index contributed by atoms with van der Waals surface area (Å²) < 4.78 is 0.955. The van der Waals surface area contributed by atoms with Gasteiger partial charge in [-0.25, -0.2) is 0 Å². The number of para-hydroxylation sites is 1. The fourth-order valence-electron chi connectivity index (χ4n) is 2.53. The van der Waals surface area contributed by atoms with Crippen molar-refractivity contribution in [3.8, 4) is 0 Å². The zero-order valence-corrected chi connectivity index (χ0v) is 12.6. The summed E-state index contributed by atoms with van der Waals surface area (Å²) in [6.07, 6.45) is 3.07. The summed E-state index contributed by atoms with van der Waals surface area (Å²) in [5.74, 6) is -1.99. The minimum atomic E-state index is -0.859. The number of rotatable bonds is 3. The van der Waals surface area contributed by atoms with Gasteiger partial charge in [0.25, 0.3) is 0 Å². The molecule has 1 saturated carbocycles. The zero-order chi connectivity index (χ0) is 13.8. The smallest absolute Gasteiger partial charge is 0.307 e. The van der Waals surface area contributed by atoms with Crippen LogP contribution in [0.5, 0.6) is 0 Å². The Balaban J connectivity index is 2.10. The maximum absolute atomic E-state index is 12.3. The van der Waals surface area contributed by atoms with Gasteiger partial charge in [-0.05, 0) is 47.6 Å². The molecular weight excluding hydrogens is 357 g/mol. The van der Waals surface area contributed by atoms with Gasteiger partial charge in [0.1, 0.15) is 0 Å². The second-order valence-electron chi connectivity index (χ2n) is 4.80. The van der Waals surface area contributed by atoms with Gasteiger partial charge in [-0.3, -0.25) is 9.59 Å². The van der Waals surface area contributed by atoms with E-state index in [1.807, 2.05) is 24.3 Å². The predicted octanol–water partition coefficient (Wildman–Crippen LogP) is 3.12. The molecule has 0 unspecified atom stereocenters. The van der Waals surface area contributed by atoms with Gasteiger partial charge in [-0.2, -0.15) is 0 Å².